The fourth-order valence-electron chi connectivity index (χ4n) is 4.13. The van der Waals surface area contributed by atoms with Gasteiger partial charge in [-0.3, -0.25) is 9.89 Å². The van der Waals surface area contributed by atoms with Gasteiger partial charge in [0.25, 0.3) is 5.91 Å². The average Bonchev–Trinajstić information content (AvgIpc) is 3.04. The van der Waals surface area contributed by atoms with Crippen LogP contribution in [0.25, 0.3) is 10.9 Å². The van der Waals surface area contributed by atoms with E-state index < -0.39 is 6.61 Å². The van der Waals surface area contributed by atoms with Crippen LogP contribution in [0, 0.1) is 0 Å². The van der Waals surface area contributed by atoms with Crippen molar-refractivity contribution in [1.82, 2.24) is 20.4 Å². The first-order chi connectivity index (χ1) is 12.0. The Balaban J connectivity index is 1.52. The van der Waals surface area contributed by atoms with Gasteiger partial charge in [0.15, 0.2) is 5.69 Å². The first-order valence-corrected chi connectivity index (χ1v) is 8.47. The van der Waals surface area contributed by atoms with Crippen molar-refractivity contribution in [2.24, 2.45) is 0 Å². The molecule has 0 aliphatic carbocycles. The number of piperidine rings is 1. The Morgan fingerprint density at radius 3 is 2.76 bits per heavy atom. The van der Waals surface area contributed by atoms with Crippen LogP contribution in [0.2, 0.25) is 0 Å². The third kappa shape index (κ3) is 3.06. The number of hydrogen-bond donors (Lipinski definition) is 2. The molecule has 1 aromatic carbocycles. The Bertz CT molecular complexity index is 780. The van der Waals surface area contributed by atoms with E-state index in [4.69, 9.17) is 0 Å². The predicted octanol–water partition coefficient (Wildman–Crippen LogP) is 2.52. The van der Waals surface area contributed by atoms with Gasteiger partial charge in [-0.1, -0.05) is 0 Å². The maximum absolute atomic E-state index is 12.6. The number of H-pyrrole nitrogens is 1. The summed E-state index contributed by atoms with van der Waals surface area (Å²) < 4.78 is 29.2. The summed E-state index contributed by atoms with van der Waals surface area (Å²) in [4.78, 5) is 15.0. The molecule has 1 aromatic heterocycles. The number of fused-ring (bicyclic) bond motifs is 3. The maximum atomic E-state index is 12.6. The van der Waals surface area contributed by atoms with Gasteiger partial charge in [-0.2, -0.15) is 13.9 Å². The van der Waals surface area contributed by atoms with Crippen molar-refractivity contribution < 1.29 is 18.3 Å². The maximum Gasteiger partial charge on any atom is 0.387 e. The highest BCUT2D eigenvalue weighted by molar-refractivity contribution is 6.05. The molecule has 4 rings (SSSR count). The lowest BCUT2D eigenvalue weighted by Gasteiger charge is -2.36. The van der Waals surface area contributed by atoms with Gasteiger partial charge in [-0.15, -0.1) is 0 Å². The number of rotatable bonds is 4. The van der Waals surface area contributed by atoms with Crippen LogP contribution >= 0.6 is 0 Å². The molecule has 1 amide bonds. The lowest BCUT2D eigenvalue weighted by Crippen LogP contribution is -2.48. The standard InChI is InChI=1S/C17H20F2N4O2/c1-23-10-2-3-11(23)7-9(6-10)20-16(24)15-13-8-12(25-17(18)19)4-5-14(13)21-22-15/h4-5,8-11,17H,2-3,6-7H2,1H3,(H,20,24)(H,21,22)/t9-,10-,11+. The molecule has 2 aliphatic heterocycles. The molecule has 2 fully saturated rings. The molecule has 2 aliphatic rings. The van der Waals surface area contributed by atoms with Gasteiger partial charge in [-0.25, -0.2) is 0 Å². The van der Waals surface area contributed by atoms with Crippen LogP contribution < -0.4 is 10.1 Å². The minimum absolute atomic E-state index is 0.00952. The summed E-state index contributed by atoms with van der Waals surface area (Å²) in [5.41, 5.74) is 0.816. The number of ether oxygens (including phenoxy) is 1. The Morgan fingerprint density at radius 1 is 1.36 bits per heavy atom. The molecule has 2 N–H and O–H groups in total. The normalized spacial score (nSPS) is 26.3. The molecule has 2 bridgehead atoms. The lowest BCUT2D eigenvalue weighted by atomic mass is 9.98. The third-order valence-electron chi connectivity index (χ3n) is 5.41. The number of carbonyl (C=O) groups excluding carboxylic acids is 1. The Morgan fingerprint density at radius 2 is 2.08 bits per heavy atom. The zero-order valence-electron chi connectivity index (χ0n) is 13.8. The zero-order valence-corrected chi connectivity index (χ0v) is 13.8. The minimum Gasteiger partial charge on any atom is -0.435 e. The lowest BCUT2D eigenvalue weighted by molar-refractivity contribution is -0.0497. The van der Waals surface area contributed by atoms with Crippen molar-refractivity contribution in [1.29, 1.82) is 0 Å². The summed E-state index contributed by atoms with van der Waals surface area (Å²) in [6.45, 7) is -2.91. The van der Waals surface area contributed by atoms with E-state index in [1.54, 1.807) is 6.07 Å². The molecule has 134 valence electrons. The number of nitrogens with zero attached hydrogens (tertiary/aromatic N) is 2. The number of amides is 1. The molecule has 3 atom stereocenters. The number of alkyl halides is 2. The molecule has 0 saturated carbocycles. The highest BCUT2D eigenvalue weighted by Crippen LogP contribution is 2.34. The number of halogens is 2. The highest BCUT2D eigenvalue weighted by Gasteiger charge is 2.39. The second kappa shape index (κ2) is 6.25. The smallest absolute Gasteiger partial charge is 0.387 e. The van der Waals surface area contributed by atoms with Gasteiger partial charge in [0.1, 0.15) is 5.75 Å². The van der Waals surface area contributed by atoms with Crippen molar-refractivity contribution in [2.75, 3.05) is 7.05 Å². The van der Waals surface area contributed by atoms with Crippen LogP contribution in [-0.2, 0) is 0 Å². The average molecular weight is 350 g/mol. The summed E-state index contributed by atoms with van der Waals surface area (Å²) in [5, 5.41) is 10.4. The van der Waals surface area contributed by atoms with E-state index in [-0.39, 0.29) is 23.4 Å². The van der Waals surface area contributed by atoms with Gasteiger partial charge >= 0.3 is 6.61 Å². The van der Waals surface area contributed by atoms with E-state index in [9.17, 15) is 13.6 Å². The van der Waals surface area contributed by atoms with E-state index in [1.807, 2.05) is 0 Å². The number of aromatic nitrogens is 2. The van der Waals surface area contributed by atoms with Gasteiger partial charge in [0, 0.05) is 23.5 Å². The highest BCUT2D eigenvalue weighted by atomic mass is 19.3. The summed E-state index contributed by atoms with van der Waals surface area (Å²) >= 11 is 0. The number of aromatic amines is 1. The molecule has 0 radical (unpaired) electrons. The molecule has 25 heavy (non-hydrogen) atoms. The molecule has 8 heteroatoms. The zero-order chi connectivity index (χ0) is 17.6. The van der Waals surface area contributed by atoms with Crippen molar-refractivity contribution in [3.8, 4) is 5.75 Å². The van der Waals surface area contributed by atoms with Crippen molar-refractivity contribution in [3.63, 3.8) is 0 Å². The van der Waals surface area contributed by atoms with Crippen LogP contribution in [0.15, 0.2) is 18.2 Å². The fourth-order valence-corrected chi connectivity index (χ4v) is 4.13. The van der Waals surface area contributed by atoms with E-state index >= 15 is 0 Å². The van der Waals surface area contributed by atoms with Crippen LogP contribution in [0.1, 0.15) is 36.2 Å². The van der Waals surface area contributed by atoms with E-state index in [1.165, 1.54) is 25.0 Å². The van der Waals surface area contributed by atoms with Crippen molar-refractivity contribution >= 4 is 16.8 Å². The van der Waals surface area contributed by atoms with Gasteiger partial charge < -0.3 is 15.0 Å². The Hall–Kier alpha value is -2.22. The van der Waals surface area contributed by atoms with Gasteiger partial charge in [0.2, 0.25) is 0 Å². The fraction of sp³-hybridized carbons (Fsp3) is 0.529. The van der Waals surface area contributed by atoms with Crippen molar-refractivity contribution in [2.45, 2.75) is 50.4 Å². The summed E-state index contributed by atoms with van der Waals surface area (Å²) in [6.07, 6.45) is 4.21. The number of hydrogen-bond acceptors (Lipinski definition) is 4. The monoisotopic (exact) mass is 350 g/mol. The van der Waals surface area contributed by atoms with Crippen molar-refractivity contribution in [3.05, 3.63) is 23.9 Å². The van der Waals surface area contributed by atoms with Gasteiger partial charge in [-0.05, 0) is 50.9 Å². The second-order valence-electron chi connectivity index (χ2n) is 6.85. The van der Waals surface area contributed by atoms with Crippen LogP contribution in [0.4, 0.5) is 8.78 Å². The topological polar surface area (TPSA) is 70.2 Å². The molecule has 0 spiro atoms. The van der Waals surface area contributed by atoms with Crippen LogP contribution in [0.3, 0.4) is 0 Å². The third-order valence-corrected chi connectivity index (χ3v) is 5.41. The Labute approximate surface area is 143 Å². The van der Waals surface area contributed by atoms with E-state index in [0.717, 1.165) is 12.8 Å². The molecule has 0 unspecified atom stereocenters. The molecular formula is C17H20F2N4O2. The molecule has 2 saturated heterocycles. The molecule has 2 aromatic rings. The Kier molecular flexibility index (Phi) is 4.07. The van der Waals surface area contributed by atoms with Crippen LogP contribution in [-0.4, -0.2) is 52.8 Å². The first kappa shape index (κ1) is 16.3. The molecule has 6 nitrogen and oxygen atoms in total. The minimum atomic E-state index is -2.91. The summed E-state index contributed by atoms with van der Waals surface area (Å²) in [6, 6.07) is 5.57. The number of benzene rings is 1. The predicted molar refractivity (Wildman–Crippen MR) is 87.8 cm³/mol. The van der Waals surface area contributed by atoms with E-state index in [0.29, 0.717) is 23.0 Å². The molecule has 3 heterocycles. The summed E-state index contributed by atoms with van der Waals surface area (Å²) in [7, 11) is 2.14. The van der Waals surface area contributed by atoms with E-state index in [2.05, 4.69) is 32.2 Å². The van der Waals surface area contributed by atoms with Gasteiger partial charge in [0.05, 0.1) is 5.52 Å². The quantitative estimate of drug-likeness (QED) is 0.889. The number of carbonyl (C=O) groups is 1. The first-order valence-electron chi connectivity index (χ1n) is 8.47. The summed E-state index contributed by atoms with van der Waals surface area (Å²) in [5.74, 6) is -0.273. The second-order valence-corrected chi connectivity index (χ2v) is 6.85. The van der Waals surface area contributed by atoms with Crippen LogP contribution in [0.5, 0.6) is 5.75 Å². The largest absolute Gasteiger partial charge is 0.435 e. The number of nitrogens with one attached hydrogen (secondary N) is 2. The molecular weight excluding hydrogens is 330 g/mol. The SMILES string of the molecule is CN1[C@@H]2CC[C@H]1C[C@H](NC(=O)c1n[nH]c3ccc(OC(F)F)cc13)C2.